The Labute approximate surface area is 149 Å². The number of benzene rings is 2. The van der Waals surface area contributed by atoms with Crippen LogP contribution in [-0.4, -0.2) is 27.4 Å². The molecule has 0 aliphatic carbocycles. The summed E-state index contributed by atoms with van der Waals surface area (Å²) in [7, 11) is -3.85. The first-order valence-electron chi connectivity index (χ1n) is 8.19. The molecule has 2 aromatic carbocycles. The highest BCUT2D eigenvalue weighted by molar-refractivity contribution is 7.92. The number of carbonyl (C=O) groups excluding carboxylic acids is 1. The monoisotopic (exact) mass is 360 g/mol. The maximum atomic E-state index is 13.2. The zero-order valence-electron chi connectivity index (χ0n) is 15.0. The van der Waals surface area contributed by atoms with E-state index in [4.69, 9.17) is 0 Å². The van der Waals surface area contributed by atoms with E-state index in [1.54, 1.807) is 37.3 Å². The third kappa shape index (κ3) is 4.39. The molecule has 0 spiro atoms. The molecule has 0 aliphatic heterocycles. The smallest absolute Gasteiger partial charge is 0.264 e. The van der Waals surface area contributed by atoms with E-state index < -0.39 is 10.0 Å². The van der Waals surface area contributed by atoms with Gasteiger partial charge in [-0.1, -0.05) is 35.4 Å². The lowest BCUT2D eigenvalue weighted by Gasteiger charge is -2.26. The van der Waals surface area contributed by atoms with Crippen LogP contribution in [0.5, 0.6) is 0 Å². The van der Waals surface area contributed by atoms with Gasteiger partial charge in [0.25, 0.3) is 10.0 Å². The van der Waals surface area contributed by atoms with E-state index in [2.05, 4.69) is 5.32 Å². The Bertz CT molecular complexity index is 859. The van der Waals surface area contributed by atoms with Crippen LogP contribution in [0.25, 0.3) is 0 Å². The second-order valence-corrected chi connectivity index (χ2v) is 7.93. The number of amides is 1. The molecule has 0 saturated heterocycles. The lowest BCUT2D eigenvalue weighted by Crippen LogP contribution is -2.41. The highest BCUT2D eigenvalue weighted by Crippen LogP contribution is 2.27. The number of carbonyl (C=O) groups is 1. The standard InChI is InChI=1S/C19H24N2O3S/c1-5-20-19(22)13-21(18-11-8-15(3)12-16(18)4)25(23,24)17-9-6-14(2)7-10-17/h6-12H,5,13H2,1-4H3,(H,20,22). The fourth-order valence-corrected chi connectivity index (χ4v) is 4.09. The Kier molecular flexibility index (Phi) is 5.85. The minimum absolute atomic E-state index is 0.169. The van der Waals surface area contributed by atoms with E-state index >= 15 is 0 Å². The van der Waals surface area contributed by atoms with E-state index in [-0.39, 0.29) is 17.3 Å². The van der Waals surface area contributed by atoms with Crippen LogP contribution in [0.2, 0.25) is 0 Å². The third-order valence-electron chi connectivity index (χ3n) is 3.89. The minimum Gasteiger partial charge on any atom is -0.355 e. The number of sulfonamides is 1. The van der Waals surface area contributed by atoms with Crippen LogP contribution in [0.1, 0.15) is 23.6 Å². The molecule has 2 aromatic rings. The third-order valence-corrected chi connectivity index (χ3v) is 5.67. The molecule has 0 saturated carbocycles. The minimum atomic E-state index is -3.85. The Balaban J connectivity index is 2.53. The van der Waals surface area contributed by atoms with Crippen molar-refractivity contribution in [3.05, 3.63) is 59.2 Å². The van der Waals surface area contributed by atoms with Gasteiger partial charge in [0.15, 0.2) is 0 Å². The summed E-state index contributed by atoms with van der Waals surface area (Å²) in [6.07, 6.45) is 0. The van der Waals surface area contributed by atoms with Crippen LogP contribution < -0.4 is 9.62 Å². The molecule has 0 radical (unpaired) electrons. The molecule has 0 heterocycles. The molecule has 0 aromatic heterocycles. The second kappa shape index (κ2) is 7.70. The van der Waals surface area contributed by atoms with Crippen molar-refractivity contribution < 1.29 is 13.2 Å². The van der Waals surface area contributed by atoms with Gasteiger partial charge in [-0.2, -0.15) is 0 Å². The van der Waals surface area contributed by atoms with Crippen molar-refractivity contribution in [3.63, 3.8) is 0 Å². The topological polar surface area (TPSA) is 66.5 Å². The maximum Gasteiger partial charge on any atom is 0.264 e. The van der Waals surface area contributed by atoms with Crippen LogP contribution in [0.15, 0.2) is 47.4 Å². The molecule has 0 atom stereocenters. The Morgan fingerprint density at radius 1 is 1.00 bits per heavy atom. The van der Waals surface area contributed by atoms with Crippen molar-refractivity contribution in [1.29, 1.82) is 0 Å². The zero-order valence-corrected chi connectivity index (χ0v) is 15.9. The molecule has 25 heavy (non-hydrogen) atoms. The van der Waals surface area contributed by atoms with Gasteiger partial charge in [-0.25, -0.2) is 8.42 Å². The molecule has 1 amide bonds. The van der Waals surface area contributed by atoms with Crippen molar-refractivity contribution in [3.8, 4) is 0 Å². The first-order chi connectivity index (χ1) is 11.8. The lowest BCUT2D eigenvalue weighted by atomic mass is 10.1. The molecular weight excluding hydrogens is 336 g/mol. The fourth-order valence-electron chi connectivity index (χ4n) is 2.61. The fraction of sp³-hybridized carbons (Fsp3) is 0.316. The van der Waals surface area contributed by atoms with Crippen LogP contribution in [0, 0.1) is 20.8 Å². The largest absolute Gasteiger partial charge is 0.355 e. The van der Waals surface area contributed by atoms with Crippen molar-refractivity contribution in [2.24, 2.45) is 0 Å². The molecule has 0 bridgehead atoms. The molecule has 5 nitrogen and oxygen atoms in total. The summed E-state index contributed by atoms with van der Waals surface area (Å²) in [4.78, 5) is 12.3. The summed E-state index contributed by atoms with van der Waals surface area (Å²) < 4.78 is 27.5. The number of likely N-dealkylation sites (N-methyl/N-ethyl adjacent to an activating group) is 1. The first-order valence-corrected chi connectivity index (χ1v) is 9.63. The second-order valence-electron chi connectivity index (χ2n) is 6.07. The number of rotatable bonds is 6. The average Bonchev–Trinajstić information content (AvgIpc) is 2.54. The predicted molar refractivity (Wildman–Crippen MR) is 100 cm³/mol. The molecule has 134 valence electrons. The summed E-state index contributed by atoms with van der Waals surface area (Å²) in [5.41, 5.74) is 3.32. The highest BCUT2D eigenvalue weighted by Gasteiger charge is 2.28. The predicted octanol–water partition coefficient (Wildman–Crippen LogP) is 2.94. The normalized spacial score (nSPS) is 11.2. The Hall–Kier alpha value is -2.34. The van der Waals surface area contributed by atoms with Crippen LogP contribution in [0.3, 0.4) is 0 Å². The molecule has 0 aliphatic rings. The van der Waals surface area contributed by atoms with Gasteiger partial charge in [0, 0.05) is 6.54 Å². The SMILES string of the molecule is CCNC(=O)CN(c1ccc(C)cc1C)S(=O)(=O)c1ccc(C)cc1. The lowest BCUT2D eigenvalue weighted by molar-refractivity contribution is -0.119. The van der Waals surface area contributed by atoms with E-state index in [0.717, 1.165) is 16.7 Å². The summed E-state index contributed by atoms with van der Waals surface area (Å²) in [5.74, 6) is -0.335. The number of hydrogen-bond donors (Lipinski definition) is 1. The molecule has 1 N–H and O–H groups in total. The van der Waals surface area contributed by atoms with E-state index in [0.29, 0.717) is 12.2 Å². The number of anilines is 1. The first kappa shape index (κ1) is 19.0. The summed E-state index contributed by atoms with van der Waals surface area (Å²) in [5, 5.41) is 2.66. The summed E-state index contributed by atoms with van der Waals surface area (Å²) >= 11 is 0. The van der Waals surface area contributed by atoms with E-state index in [9.17, 15) is 13.2 Å². The van der Waals surface area contributed by atoms with Crippen LogP contribution >= 0.6 is 0 Å². The van der Waals surface area contributed by atoms with Gasteiger partial charge < -0.3 is 5.32 Å². The van der Waals surface area contributed by atoms with Gasteiger partial charge >= 0.3 is 0 Å². The maximum absolute atomic E-state index is 13.2. The summed E-state index contributed by atoms with van der Waals surface area (Å²) in [6, 6.07) is 12.1. The Morgan fingerprint density at radius 3 is 2.16 bits per heavy atom. The van der Waals surface area contributed by atoms with Gasteiger partial charge in [0.1, 0.15) is 6.54 Å². The van der Waals surface area contributed by atoms with Crippen molar-refractivity contribution in [1.82, 2.24) is 5.32 Å². The quantitative estimate of drug-likeness (QED) is 0.861. The number of aryl methyl sites for hydroxylation is 3. The zero-order chi connectivity index (χ0) is 18.6. The van der Waals surface area contributed by atoms with E-state index in [1.807, 2.05) is 32.9 Å². The molecule has 2 rings (SSSR count). The van der Waals surface area contributed by atoms with Gasteiger partial charge in [0.05, 0.1) is 10.6 Å². The number of hydrogen-bond acceptors (Lipinski definition) is 3. The molecule has 0 unspecified atom stereocenters. The Morgan fingerprint density at radius 2 is 1.60 bits per heavy atom. The van der Waals surface area contributed by atoms with Gasteiger partial charge in [-0.05, 0) is 51.5 Å². The van der Waals surface area contributed by atoms with Crippen molar-refractivity contribution >= 4 is 21.6 Å². The highest BCUT2D eigenvalue weighted by atomic mass is 32.2. The molecule has 6 heteroatoms. The van der Waals surface area contributed by atoms with E-state index in [1.165, 1.54) is 4.31 Å². The van der Waals surface area contributed by atoms with Gasteiger partial charge in [-0.3, -0.25) is 9.10 Å². The van der Waals surface area contributed by atoms with Crippen LogP contribution in [0.4, 0.5) is 5.69 Å². The molecule has 0 fully saturated rings. The number of nitrogens with zero attached hydrogens (tertiary/aromatic N) is 1. The van der Waals surface area contributed by atoms with Crippen LogP contribution in [-0.2, 0) is 14.8 Å². The number of nitrogens with one attached hydrogen (secondary N) is 1. The van der Waals surface area contributed by atoms with Gasteiger partial charge in [-0.15, -0.1) is 0 Å². The van der Waals surface area contributed by atoms with Crippen molar-refractivity contribution in [2.75, 3.05) is 17.4 Å². The average molecular weight is 360 g/mol. The van der Waals surface area contributed by atoms with Gasteiger partial charge in [0.2, 0.25) is 5.91 Å². The van der Waals surface area contributed by atoms with Crippen molar-refractivity contribution in [2.45, 2.75) is 32.6 Å². The molecular formula is C19H24N2O3S. The summed E-state index contributed by atoms with van der Waals surface area (Å²) in [6.45, 7) is 7.68.